The number of ether oxygens (including phenoxy) is 2. The second-order valence-corrected chi connectivity index (χ2v) is 8.14. The summed E-state index contributed by atoms with van der Waals surface area (Å²) in [7, 11) is 0. The van der Waals surface area contributed by atoms with Crippen LogP contribution in [0.3, 0.4) is 0 Å². The number of carbonyl (C=O) groups is 1. The first-order valence-corrected chi connectivity index (χ1v) is 11.4. The van der Waals surface area contributed by atoms with Gasteiger partial charge < -0.3 is 29.8 Å². The van der Waals surface area contributed by atoms with Crippen molar-refractivity contribution in [2.24, 2.45) is 0 Å². The quantitative estimate of drug-likeness (QED) is 0.313. The molecule has 0 unspecified atom stereocenters. The Morgan fingerprint density at radius 3 is 2.94 bits per heavy atom. The number of aromatic nitrogens is 3. The molecule has 3 aromatic rings. The first-order chi connectivity index (χ1) is 17.5. The number of aryl methyl sites for hydroxylation is 1. The van der Waals surface area contributed by atoms with Crippen LogP contribution in [0.15, 0.2) is 66.7 Å². The molecule has 0 saturated heterocycles. The number of terminal acetylenes is 1. The van der Waals surface area contributed by atoms with E-state index in [-0.39, 0.29) is 19.3 Å². The lowest BCUT2D eigenvalue weighted by Crippen LogP contribution is -2.37. The lowest BCUT2D eigenvalue weighted by Gasteiger charge is -2.16. The predicted octanol–water partition coefficient (Wildman–Crippen LogP) is 3.66. The van der Waals surface area contributed by atoms with Crippen molar-refractivity contribution in [1.82, 2.24) is 19.9 Å². The van der Waals surface area contributed by atoms with Crippen molar-refractivity contribution in [3.8, 4) is 29.7 Å². The highest BCUT2D eigenvalue weighted by molar-refractivity contribution is 5.94. The van der Waals surface area contributed by atoms with Gasteiger partial charge in [-0.1, -0.05) is 18.1 Å². The van der Waals surface area contributed by atoms with Gasteiger partial charge in [-0.25, -0.2) is 4.98 Å². The van der Waals surface area contributed by atoms with Crippen LogP contribution in [0, 0.1) is 19.3 Å². The van der Waals surface area contributed by atoms with Crippen LogP contribution in [0.25, 0.3) is 5.82 Å². The van der Waals surface area contributed by atoms with E-state index >= 15 is 0 Å². The van der Waals surface area contributed by atoms with Gasteiger partial charge in [0.15, 0.2) is 11.5 Å². The minimum Gasteiger partial charge on any atom is -0.454 e. The van der Waals surface area contributed by atoms with Crippen molar-refractivity contribution in [1.29, 1.82) is 0 Å². The highest BCUT2D eigenvalue weighted by atomic mass is 16.7. The Morgan fingerprint density at radius 1 is 1.33 bits per heavy atom. The number of carbonyl (C=O) groups excluding carboxylic acids is 1. The van der Waals surface area contributed by atoms with Gasteiger partial charge >= 0.3 is 0 Å². The van der Waals surface area contributed by atoms with E-state index in [2.05, 4.69) is 26.5 Å². The molecule has 9 heteroatoms. The van der Waals surface area contributed by atoms with Crippen LogP contribution < -0.4 is 20.1 Å². The highest BCUT2D eigenvalue weighted by Crippen LogP contribution is 2.34. The Balaban J connectivity index is 1.48. The number of rotatable bonds is 9. The standard InChI is InChI=1S/C27H27N5O4/c1-4-6-19(7-5-2)12-22(16-33)29-26(34)20-10-11-32(15-20)25-18(3)14-28-27(31-25)30-21-8-9-23-24(13-21)36-17-35-23/h1,5-11,13-15,22,33H,12,16-17H2,2-3H3,(H,29,34)(H,28,30,31)/b7-5-,19-6+/t22-/m0/s1. The summed E-state index contributed by atoms with van der Waals surface area (Å²) in [6, 6.07) is 6.71. The third-order valence-corrected chi connectivity index (χ3v) is 5.46. The number of fused-ring (bicyclic) bond motifs is 1. The molecule has 184 valence electrons. The third kappa shape index (κ3) is 5.74. The molecule has 0 fully saturated rings. The van der Waals surface area contributed by atoms with Crippen LogP contribution in [0.5, 0.6) is 11.5 Å². The van der Waals surface area contributed by atoms with Gasteiger partial charge in [-0.15, -0.1) is 6.42 Å². The van der Waals surface area contributed by atoms with E-state index in [1.807, 2.05) is 44.2 Å². The number of nitrogens with zero attached hydrogens (tertiary/aromatic N) is 3. The highest BCUT2D eigenvalue weighted by Gasteiger charge is 2.17. The number of hydrogen-bond acceptors (Lipinski definition) is 7. The predicted molar refractivity (Wildman–Crippen MR) is 137 cm³/mol. The van der Waals surface area contributed by atoms with Gasteiger partial charge in [0.05, 0.1) is 18.2 Å². The molecule has 9 nitrogen and oxygen atoms in total. The maximum atomic E-state index is 12.9. The van der Waals surface area contributed by atoms with E-state index < -0.39 is 6.04 Å². The number of allylic oxidation sites excluding steroid dienone is 3. The number of hydrogen-bond donors (Lipinski definition) is 3. The molecule has 4 rings (SSSR count). The van der Waals surface area contributed by atoms with Crippen molar-refractivity contribution in [3.05, 3.63) is 77.8 Å². The zero-order valence-corrected chi connectivity index (χ0v) is 20.1. The Bertz CT molecular complexity index is 1350. The van der Waals surface area contributed by atoms with E-state index in [1.54, 1.807) is 35.3 Å². The topological polar surface area (TPSA) is 111 Å². The summed E-state index contributed by atoms with van der Waals surface area (Å²) in [5.74, 6) is 4.54. The molecule has 3 heterocycles. The summed E-state index contributed by atoms with van der Waals surface area (Å²) in [5.41, 5.74) is 2.87. The molecule has 0 bridgehead atoms. The molecule has 0 saturated carbocycles. The summed E-state index contributed by atoms with van der Waals surface area (Å²) in [6.07, 6.45) is 16.3. The van der Waals surface area contributed by atoms with Crippen molar-refractivity contribution in [2.75, 3.05) is 18.7 Å². The van der Waals surface area contributed by atoms with Gasteiger partial charge in [-0.05, 0) is 50.1 Å². The molecular weight excluding hydrogens is 458 g/mol. The van der Waals surface area contributed by atoms with Crippen LogP contribution in [0.2, 0.25) is 0 Å². The van der Waals surface area contributed by atoms with Gasteiger partial charge in [0.2, 0.25) is 12.7 Å². The van der Waals surface area contributed by atoms with E-state index in [0.29, 0.717) is 35.2 Å². The summed E-state index contributed by atoms with van der Waals surface area (Å²) in [6.45, 7) is 3.75. The molecule has 1 aliphatic rings. The monoisotopic (exact) mass is 485 g/mol. The second kappa shape index (κ2) is 11.3. The number of aliphatic hydroxyl groups is 1. The molecule has 1 atom stereocenters. The second-order valence-electron chi connectivity index (χ2n) is 8.14. The van der Waals surface area contributed by atoms with Crippen molar-refractivity contribution >= 4 is 17.5 Å². The van der Waals surface area contributed by atoms with Crippen molar-refractivity contribution in [2.45, 2.75) is 26.3 Å². The molecule has 1 amide bonds. The normalized spacial score (nSPS) is 13.4. The Labute approximate surface area is 209 Å². The lowest BCUT2D eigenvalue weighted by atomic mass is 10.1. The largest absolute Gasteiger partial charge is 0.454 e. The van der Waals surface area contributed by atoms with Crippen LogP contribution in [-0.4, -0.2) is 45.0 Å². The number of amides is 1. The minimum atomic E-state index is -0.477. The number of benzene rings is 1. The Hall–Kier alpha value is -4.55. The van der Waals surface area contributed by atoms with Gasteiger partial charge in [0.25, 0.3) is 5.91 Å². The number of nitrogens with one attached hydrogen (secondary N) is 2. The average Bonchev–Trinajstić information content (AvgIpc) is 3.55. The summed E-state index contributed by atoms with van der Waals surface area (Å²) in [5, 5.41) is 15.8. The SMILES string of the molecule is C#C/C=C(\C=C/C)C[C@@H](CO)NC(=O)c1ccn(-c2nc(Nc3ccc4c(c3)OCO4)ncc2C)c1. The fraction of sp³-hybridized carbons (Fsp3) is 0.222. The minimum absolute atomic E-state index is 0.200. The van der Waals surface area contributed by atoms with E-state index in [4.69, 9.17) is 15.9 Å². The summed E-state index contributed by atoms with van der Waals surface area (Å²) < 4.78 is 12.5. The first kappa shape index (κ1) is 24.6. The third-order valence-electron chi connectivity index (χ3n) is 5.46. The molecule has 0 aliphatic carbocycles. The van der Waals surface area contributed by atoms with Crippen LogP contribution in [0.1, 0.15) is 29.3 Å². The number of aliphatic hydroxyl groups excluding tert-OH is 1. The molecule has 0 spiro atoms. The fourth-order valence-corrected chi connectivity index (χ4v) is 3.73. The van der Waals surface area contributed by atoms with Gasteiger partial charge in [0, 0.05) is 35.9 Å². The maximum Gasteiger partial charge on any atom is 0.253 e. The van der Waals surface area contributed by atoms with Crippen LogP contribution in [-0.2, 0) is 0 Å². The molecule has 2 aromatic heterocycles. The molecular formula is C27H27N5O4. The van der Waals surface area contributed by atoms with Gasteiger partial charge in [0.1, 0.15) is 5.82 Å². The lowest BCUT2D eigenvalue weighted by molar-refractivity contribution is 0.0917. The summed E-state index contributed by atoms with van der Waals surface area (Å²) >= 11 is 0. The van der Waals surface area contributed by atoms with Crippen molar-refractivity contribution in [3.63, 3.8) is 0 Å². The first-order valence-electron chi connectivity index (χ1n) is 11.4. The van der Waals surface area contributed by atoms with Gasteiger partial charge in [-0.3, -0.25) is 4.79 Å². The van der Waals surface area contributed by atoms with E-state index in [0.717, 1.165) is 16.8 Å². The Morgan fingerprint density at radius 2 is 2.17 bits per heavy atom. The zero-order valence-electron chi connectivity index (χ0n) is 20.1. The average molecular weight is 486 g/mol. The maximum absolute atomic E-state index is 12.9. The zero-order chi connectivity index (χ0) is 25.5. The van der Waals surface area contributed by atoms with Crippen LogP contribution in [0.4, 0.5) is 11.6 Å². The number of anilines is 2. The molecule has 1 aliphatic heterocycles. The van der Waals surface area contributed by atoms with Gasteiger partial charge in [-0.2, -0.15) is 4.98 Å². The van der Waals surface area contributed by atoms with E-state index in [9.17, 15) is 9.90 Å². The Kier molecular flexibility index (Phi) is 7.68. The molecule has 3 N–H and O–H groups in total. The smallest absolute Gasteiger partial charge is 0.253 e. The fourth-order valence-electron chi connectivity index (χ4n) is 3.73. The van der Waals surface area contributed by atoms with E-state index in [1.165, 1.54) is 0 Å². The van der Waals surface area contributed by atoms with Crippen LogP contribution >= 0.6 is 0 Å². The molecule has 36 heavy (non-hydrogen) atoms. The molecule has 1 aromatic carbocycles. The summed E-state index contributed by atoms with van der Waals surface area (Å²) in [4.78, 5) is 21.8. The van der Waals surface area contributed by atoms with Crippen molar-refractivity contribution < 1.29 is 19.4 Å². The molecule has 0 radical (unpaired) electrons.